The molecule has 0 atom stereocenters. The van der Waals surface area contributed by atoms with E-state index in [2.05, 4.69) is 0 Å². The number of benzene rings is 1. The van der Waals surface area contributed by atoms with Crippen LogP contribution in [0, 0.1) is 5.82 Å². The molecule has 1 aromatic carbocycles. The van der Waals surface area contributed by atoms with E-state index in [0.29, 0.717) is 5.46 Å². The van der Waals surface area contributed by atoms with Crippen LogP contribution in [0.4, 0.5) is 4.39 Å². The molecule has 0 saturated carbocycles. The summed E-state index contributed by atoms with van der Waals surface area (Å²) in [7, 11) is -0.727. The van der Waals surface area contributed by atoms with E-state index in [-0.39, 0.29) is 12.2 Å². The van der Waals surface area contributed by atoms with Gasteiger partial charge < -0.3 is 14.0 Å². The summed E-state index contributed by atoms with van der Waals surface area (Å²) in [6, 6.07) is 3.94. The van der Waals surface area contributed by atoms with Gasteiger partial charge in [0, 0.05) is 0 Å². The van der Waals surface area contributed by atoms with Gasteiger partial charge in [0.15, 0.2) is 0 Å². The molecule has 2 rings (SSSR count). The molecule has 1 aliphatic rings. The van der Waals surface area contributed by atoms with Crippen LogP contribution in [0.3, 0.4) is 0 Å². The van der Waals surface area contributed by atoms with Crippen molar-refractivity contribution in [3.8, 4) is 0 Å². The fraction of sp³-hybridized carbons (Fsp3) is 0.533. The highest BCUT2D eigenvalue weighted by Crippen LogP contribution is 2.36. The average Bonchev–Trinajstić information content (AvgIpc) is 2.58. The van der Waals surface area contributed by atoms with Crippen molar-refractivity contribution < 1.29 is 23.2 Å². The normalized spacial score (nSPS) is 19.6. The minimum Gasteiger partial charge on any atom is -0.462 e. The lowest BCUT2D eigenvalue weighted by Gasteiger charge is -2.32. The standard InChI is InChI=1S/C15H20BFO4/c1-6-19-13(18)11-9-10(17)7-8-12(11)16-20-14(2,3)15(4,5)21-16/h7-9H,6H2,1-5H3. The van der Waals surface area contributed by atoms with Crippen LogP contribution in [0.15, 0.2) is 18.2 Å². The largest absolute Gasteiger partial charge is 0.495 e. The highest BCUT2D eigenvalue weighted by Gasteiger charge is 2.52. The molecular weight excluding hydrogens is 274 g/mol. The Labute approximate surface area is 124 Å². The first-order chi connectivity index (χ1) is 9.68. The number of hydrogen-bond acceptors (Lipinski definition) is 4. The highest BCUT2D eigenvalue weighted by molar-refractivity contribution is 6.63. The molecule has 1 aliphatic heterocycles. The molecule has 1 fully saturated rings. The maximum absolute atomic E-state index is 13.4. The first-order valence-electron chi connectivity index (χ1n) is 7.00. The molecule has 1 heterocycles. The Morgan fingerprint density at radius 1 is 1.24 bits per heavy atom. The van der Waals surface area contributed by atoms with Crippen LogP contribution >= 0.6 is 0 Å². The van der Waals surface area contributed by atoms with Crippen molar-refractivity contribution in [1.82, 2.24) is 0 Å². The molecule has 114 valence electrons. The molecule has 1 saturated heterocycles. The third-order valence-corrected chi connectivity index (χ3v) is 4.02. The maximum atomic E-state index is 13.4. The van der Waals surface area contributed by atoms with E-state index in [0.717, 1.165) is 6.07 Å². The van der Waals surface area contributed by atoms with Crippen molar-refractivity contribution in [2.24, 2.45) is 0 Å². The second-order valence-electron chi connectivity index (χ2n) is 6.04. The van der Waals surface area contributed by atoms with Gasteiger partial charge in [0.25, 0.3) is 0 Å². The molecular formula is C15H20BFO4. The summed E-state index contributed by atoms with van der Waals surface area (Å²) in [5.41, 5.74) is -0.445. The number of carbonyl (C=O) groups excluding carboxylic acids is 1. The number of carbonyl (C=O) groups is 1. The Kier molecular flexibility index (Phi) is 4.13. The second kappa shape index (κ2) is 5.42. The third-order valence-electron chi connectivity index (χ3n) is 4.02. The first-order valence-corrected chi connectivity index (χ1v) is 7.00. The Balaban J connectivity index is 2.39. The molecule has 0 radical (unpaired) electrons. The molecule has 0 amide bonds. The predicted molar refractivity (Wildman–Crippen MR) is 78.1 cm³/mol. The van der Waals surface area contributed by atoms with Crippen LogP contribution in [0.2, 0.25) is 0 Å². The van der Waals surface area contributed by atoms with Gasteiger partial charge in [-0.2, -0.15) is 0 Å². The Morgan fingerprint density at radius 2 is 1.81 bits per heavy atom. The third kappa shape index (κ3) is 2.96. The van der Waals surface area contributed by atoms with Crippen molar-refractivity contribution >= 4 is 18.6 Å². The van der Waals surface area contributed by atoms with Crippen LogP contribution < -0.4 is 5.46 Å². The van der Waals surface area contributed by atoms with Gasteiger partial charge in [-0.05, 0) is 52.2 Å². The van der Waals surface area contributed by atoms with Gasteiger partial charge >= 0.3 is 13.1 Å². The number of halogens is 1. The number of ether oxygens (including phenoxy) is 1. The van der Waals surface area contributed by atoms with E-state index in [4.69, 9.17) is 14.0 Å². The van der Waals surface area contributed by atoms with E-state index >= 15 is 0 Å². The van der Waals surface area contributed by atoms with Crippen LogP contribution in [-0.2, 0) is 14.0 Å². The Hall–Kier alpha value is -1.40. The monoisotopic (exact) mass is 294 g/mol. The highest BCUT2D eigenvalue weighted by atomic mass is 19.1. The van der Waals surface area contributed by atoms with Crippen molar-refractivity contribution in [3.63, 3.8) is 0 Å². The van der Waals surface area contributed by atoms with Gasteiger partial charge in [0.05, 0.1) is 23.4 Å². The van der Waals surface area contributed by atoms with Crippen molar-refractivity contribution in [3.05, 3.63) is 29.6 Å². The molecule has 0 unspecified atom stereocenters. The van der Waals surface area contributed by atoms with Gasteiger partial charge in [-0.25, -0.2) is 9.18 Å². The molecule has 0 bridgehead atoms. The number of rotatable bonds is 3. The van der Waals surface area contributed by atoms with Crippen LogP contribution in [-0.4, -0.2) is 30.9 Å². The number of hydrogen-bond donors (Lipinski definition) is 0. The summed E-state index contributed by atoms with van der Waals surface area (Å²) in [5, 5.41) is 0. The summed E-state index contributed by atoms with van der Waals surface area (Å²) >= 11 is 0. The van der Waals surface area contributed by atoms with E-state index in [1.54, 1.807) is 6.92 Å². The van der Waals surface area contributed by atoms with Gasteiger partial charge in [0.1, 0.15) is 5.82 Å². The summed E-state index contributed by atoms with van der Waals surface area (Å²) in [6.07, 6.45) is 0. The molecule has 0 aromatic heterocycles. The van der Waals surface area contributed by atoms with Crippen LogP contribution in [0.1, 0.15) is 45.0 Å². The summed E-state index contributed by atoms with van der Waals surface area (Å²) < 4.78 is 30.2. The van der Waals surface area contributed by atoms with Crippen molar-refractivity contribution in [2.45, 2.75) is 45.8 Å². The van der Waals surface area contributed by atoms with Gasteiger partial charge in [-0.1, -0.05) is 6.07 Å². The van der Waals surface area contributed by atoms with Gasteiger partial charge in [-0.3, -0.25) is 0 Å². The summed E-state index contributed by atoms with van der Waals surface area (Å²) in [4.78, 5) is 12.0. The Bertz CT molecular complexity index is 541. The van der Waals surface area contributed by atoms with Gasteiger partial charge in [-0.15, -0.1) is 0 Å². The lowest BCUT2D eigenvalue weighted by Crippen LogP contribution is -2.41. The summed E-state index contributed by atoms with van der Waals surface area (Å²) in [6.45, 7) is 9.59. The fourth-order valence-corrected chi connectivity index (χ4v) is 2.09. The first kappa shape index (κ1) is 16.0. The van der Waals surface area contributed by atoms with Crippen molar-refractivity contribution in [1.29, 1.82) is 0 Å². The predicted octanol–water partition coefficient (Wildman–Crippen LogP) is 2.30. The van der Waals surface area contributed by atoms with Crippen LogP contribution in [0.5, 0.6) is 0 Å². The minimum absolute atomic E-state index is 0.135. The van der Waals surface area contributed by atoms with E-state index in [1.807, 2.05) is 27.7 Å². The molecule has 21 heavy (non-hydrogen) atoms. The van der Waals surface area contributed by atoms with Crippen molar-refractivity contribution in [2.75, 3.05) is 6.61 Å². The topological polar surface area (TPSA) is 44.8 Å². The maximum Gasteiger partial charge on any atom is 0.495 e. The second-order valence-corrected chi connectivity index (χ2v) is 6.04. The zero-order chi connectivity index (χ0) is 15.8. The van der Waals surface area contributed by atoms with Gasteiger partial charge in [0.2, 0.25) is 0 Å². The Morgan fingerprint density at radius 3 is 2.33 bits per heavy atom. The van der Waals surface area contributed by atoms with E-state index in [9.17, 15) is 9.18 Å². The lowest BCUT2D eigenvalue weighted by molar-refractivity contribution is 0.00578. The summed E-state index contributed by atoms with van der Waals surface area (Å²) in [5.74, 6) is -1.08. The quantitative estimate of drug-likeness (QED) is 0.634. The minimum atomic E-state index is -0.727. The van der Waals surface area contributed by atoms with E-state index in [1.165, 1.54) is 12.1 Å². The molecule has 0 spiro atoms. The molecule has 1 aromatic rings. The molecule has 6 heteroatoms. The number of esters is 1. The SMILES string of the molecule is CCOC(=O)c1cc(F)ccc1B1OC(C)(C)C(C)(C)O1. The lowest BCUT2D eigenvalue weighted by atomic mass is 9.76. The molecule has 0 N–H and O–H groups in total. The molecule has 4 nitrogen and oxygen atoms in total. The average molecular weight is 294 g/mol. The fourth-order valence-electron chi connectivity index (χ4n) is 2.09. The zero-order valence-electron chi connectivity index (χ0n) is 13.0. The molecule has 0 aliphatic carbocycles. The van der Waals surface area contributed by atoms with E-state index < -0.39 is 30.1 Å². The smallest absolute Gasteiger partial charge is 0.462 e. The van der Waals surface area contributed by atoms with Crippen LogP contribution in [0.25, 0.3) is 0 Å². The zero-order valence-corrected chi connectivity index (χ0v) is 13.0.